The first-order chi connectivity index (χ1) is 14.1. The van der Waals surface area contributed by atoms with Crippen LogP contribution in [-0.2, 0) is 0 Å². The third-order valence-corrected chi connectivity index (χ3v) is 4.83. The zero-order valence-electron chi connectivity index (χ0n) is 15.4. The van der Waals surface area contributed by atoms with E-state index in [9.17, 15) is 9.59 Å². The summed E-state index contributed by atoms with van der Waals surface area (Å²) < 4.78 is 12.1. The van der Waals surface area contributed by atoms with Gasteiger partial charge in [0, 0.05) is 3.57 Å². The van der Waals surface area contributed by atoms with Crippen LogP contribution in [0.5, 0.6) is 11.5 Å². The first-order valence-corrected chi connectivity index (χ1v) is 9.98. The first-order valence-electron chi connectivity index (χ1n) is 8.90. The number of hydrogen-bond donors (Lipinski definition) is 2. The normalized spacial score (nSPS) is 10.1. The van der Waals surface area contributed by atoms with Crippen molar-refractivity contribution in [3.63, 3.8) is 0 Å². The van der Waals surface area contributed by atoms with E-state index in [-0.39, 0.29) is 6.61 Å². The van der Waals surface area contributed by atoms with E-state index in [0.717, 1.165) is 9.32 Å². The zero-order valence-corrected chi connectivity index (χ0v) is 17.6. The highest BCUT2D eigenvalue weighted by Crippen LogP contribution is 2.18. The minimum absolute atomic E-state index is 0.272. The average Bonchev–Trinajstić information content (AvgIpc) is 2.76. The van der Waals surface area contributed by atoms with Gasteiger partial charge in [-0.15, -0.1) is 0 Å². The van der Waals surface area contributed by atoms with Crippen molar-refractivity contribution in [2.75, 3.05) is 13.2 Å². The van der Waals surface area contributed by atoms with Crippen LogP contribution in [0.3, 0.4) is 0 Å². The van der Waals surface area contributed by atoms with Crippen LogP contribution >= 0.6 is 22.6 Å². The zero-order chi connectivity index (χ0) is 20.5. The number of rotatable bonds is 7. The highest BCUT2D eigenvalue weighted by molar-refractivity contribution is 14.1. The second-order valence-corrected chi connectivity index (χ2v) is 7.06. The maximum Gasteiger partial charge on any atom is 0.273 e. The van der Waals surface area contributed by atoms with Gasteiger partial charge in [-0.25, -0.2) is 0 Å². The van der Waals surface area contributed by atoms with Gasteiger partial charge in [-0.3, -0.25) is 20.4 Å². The third-order valence-electron chi connectivity index (χ3n) is 3.89. The summed E-state index contributed by atoms with van der Waals surface area (Å²) in [5, 5.41) is 0. The molecule has 3 aromatic rings. The Morgan fingerprint density at radius 3 is 1.97 bits per heavy atom. The second-order valence-electron chi connectivity index (χ2n) is 5.89. The molecule has 0 aliphatic rings. The summed E-state index contributed by atoms with van der Waals surface area (Å²) >= 11 is 2.07. The number of hydrogen-bond acceptors (Lipinski definition) is 4. The molecule has 29 heavy (non-hydrogen) atoms. The molecule has 2 amide bonds. The van der Waals surface area contributed by atoms with Crippen molar-refractivity contribution in [3.8, 4) is 11.5 Å². The van der Waals surface area contributed by atoms with Crippen molar-refractivity contribution < 1.29 is 19.1 Å². The minimum atomic E-state index is -0.469. The van der Waals surface area contributed by atoms with Gasteiger partial charge in [-0.2, -0.15) is 0 Å². The summed E-state index contributed by atoms with van der Waals surface area (Å²) in [6.45, 7) is 0.608. The Hall–Kier alpha value is -3.07. The predicted molar refractivity (Wildman–Crippen MR) is 118 cm³/mol. The average molecular weight is 502 g/mol. The molecule has 0 spiro atoms. The molecular formula is C22H19IN2O4. The van der Waals surface area contributed by atoms with E-state index in [1.165, 1.54) is 0 Å². The summed E-state index contributed by atoms with van der Waals surface area (Å²) in [6.07, 6.45) is 0. The van der Waals surface area contributed by atoms with E-state index in [4.69, 9.17) is 9.47 Å². The molecule has 0 aliphatic carbocycles. The quantitative estimate of drug-likeness (QED) is 0.293. The summed E-state index contributed by atoms with van der Waals surface area (Å²) in [6, 6.07) is 23.3. The maximum atomic E-state index is 12.5. The molecular weight excluding hydrogens is 483 g/mol. The summed E-state index contributed by atoms with van der Waals surface area (Å²) in [7, 11) is 0. The van der Waals surface area contributed by atoms with Crippen LogP contribution in [-0.4, -0.2) is 25.0 Å². The fourth-order valence-electron chi connectivity index (χ4n) is 2.50. The van der Waals surface area contributed by atoms with E-state index in [1.807, 2.05) is 42.5 Å². The van der Waals surface area contributed by atoms with Crippen molar-refractivity contribution in [3.05, 3.63) is 93.6 Å². The topological polar surface area (TPSA) is 76.7 Å². The summed E-state index contributed by atoms with van der Waals surface area (Å²) in [5.74, 6) is 0.299. The van der Waals surface area contributed by atoms with Crippen molar-refractivity contribution >= 4 is 34.4 Å². The van der Waals surface area contributed by atoms with Crippen LogP contribution in [0.2, 0.25) is 0 Å². The Kier molecular flexibility index (Phi) is 7.46. The second kappa shape index (κ2) is 10.5. The molecule has 0 aromatic heterocycles. The molecule has 0 aliphatic heterocycles. The van der Waals surface area contributed by atoms with Crippen LogP contribution in [0.25, 0.3) is 0 Å². The van der Waals surface area contributed by atoms with Gasteiger partial charge >= 0.3 is 0 Å². The van der Waals surface area contributed by atoms with Crippen LogP contribution in [0.1, 0.15) is 20.7 Å². The van der Waals surface area contributed by atoms with Crippen molar-refractivity contribution in [1.82, 2.24) is 10.9 Å². The number of carbonyl (C=O) groups excluding carboxylic acids is 2. The molecule has 7 heteroatoms. The number of hydrazine groups is 1. The Morgan fingerprint density at radius 2 is 1.24 bits per heavy atom. The molecule has 0 heterocycles. The number of ether oxygens (including phenoxy) is 2. The third kappa shape index (κ3) is 5.95. The fraction of sp³-hybridized carbons (Fsp3) is 0.0909. The Labute approximate surface area is 182 Å². The smallest absolute Gasteiger partial charge is 0.273 e. The van der Waals surface area contributed by atoms with E-state index in [1.54, 1.807) is 36.4 Å². The lowest BCUT2D eigenvalue weighted by Crippen LogP contribution is -2.42. The van der Waals surface area contributed by atoms with Crippen molar-refractivity contribution in [1.29, 1.82) is 0 Å². The van der Waals surface area contributed by atoms with Crippen molar-refractivity contribution in [2.45, 2.75) is 0 Å². The molecule has 0 radical (unpaired) electrons. The number of carbonyl (C=O) groups is 2. The SMILES string of the molecule is O=C(NNC(=O)c1ccccc1OCCOc1ccccc1)c1ccccc1I. The maximum absolute atomic E-state index is 12.5. The van der Waals surface area contributed by atoms with Crippen LogP contribution in [0.15, 0.2) is 78.9 Å². The van der Waals surface area contributed by atoms with E-state index >= 15 is 0 Å². The fourth-order valence-corrected chi connectivity index (χ4v) is 3.13. The Balaban J connectivity index is 1.54. The first kappa shape index (κ1) is 20.7. The molecule has 148 valence electrons. The van der Waals surface area contributed by atoms with Gasteiger partial charge in [-0.05, 0) is 59.0 Å². The highest BCUT2D eigenvalue weighted by Gasteiger charge is 2.14. The number of nitrogens with one attached hydrogen (secondary N) is 2. The van der Waals surface area contributed by atoms with Gasteiger partial charge in [0.2, 0.25) is 0 Å². The lowest BCUT2D eigenvalue weighted by atomic mass is 10.2. The van der Waals surface area contributed by atoms with Crippen LogP contribution in [0.4, 0.5) is 0 Å². The predicted octanol–water partition coefficient (Wildman–Crippen LogP) is 3.82. The molecule has 0 bridgehead atoms. The van der Waals surface area contributed by atoms with Crippen LogP contribution in [0, 0.1) is 3.57 Å². The van der Waals surface area contributed by atoms with Crippen molar-refractivity contribution in [2.24, 2.45) is 0 Å². The lowest BCUT2D eigenvalue weighted by molar-refractivity contribution is 0.0843. The molecule has 6 nitrogen and oxygen atoms in total. The molecule has 0 fully saturated rings. The summed E-state index contributed by atoms with van der Waals surface area (Å²) in [4.78, 5) is 24.8. The van der Waals surface area contributed by atoms with Gasteiger partial charge < -0.3 is 9.47 Å². The minimum Gasteiger partial charge on any atom is -0.490 e. The van der Waals surface area contributed by atoms with Gasteiger partial charge in [0.05, 0.1) is 11.1 Å². The molecule has 3 aromatic carbocycles. The number of benzene rings is 3. The largest absolute Gasteiger partial charge is 0.490 e. The standard InChI is InChI=1S/C22H19IN2O4/c23-19-12-6-4-10-17(19)21(26)24-25-22(27)18-11-5-7-13-20(18)29-15-14-28-16-8-2-1-3-9-16/h1-13H,14-15H2,(H,24,26)(H,25,27). The van der Waals surface area contributed by atoms with E-state index < -0.39 is 11.8 Å². The number of halogens is 1. The van der Waals surface area contributed by atoms with E-state index in [2.05, 4.69) is 33.4 Å². The molecule has 0 atom stereocenters. The van der Waals surface area contributed by atoms with Gasteiger partial charge in [0.25, 0.3) is 11.8 Å². The molecule has 0 unspecified atom stereocenters. The molecule has 2 N–H and O–H groups in total. The highest BCUT2D eigenvalue weighted by atomic mass is 127. The monoisotopic (exact) mass is 502 g/mol. The molecule has 3 rings (SSSR count). The molecule has 0 saturated carbocycles. The van der Waals surface area contributed by atoms with Gasteiger partial charge in [-0.1, -0.05) is 42.5 Å². The van der Waals surface area contributed by atoms with E-state index in [0.29, 0.717) is 23.5 Å². The summed E-state index contributed by atoms with van der Waals surface area (Å²) in [5.41, 5.74) is 5.66. The Morgan fingerprint density at radius 1 is 0.690 bits per heavy atom. The number of para-hydroxylation sites is 2. The van der Waals surface area contributed by atoms with Crippen LogP contribution < -0.4 is 20.3 Å². The van der Waals surface area contributed by atoms with Gasteiger partial charge in [0.1, 0.15) is 24.7 Å². The van der Waals surface area contributed by atoms with Gasteiger partial charge in [0.15, 0.2) is 0 Å². The number of amides is 2. The molecule has 0 saturated heterocycles. The Bertz CT molecular complexity index is 979. The lowest BCUT2D eigenvalue weighted by Gasteiger charge is -2.13.